The number of hydrogen-bond acceptors (Lipinski definition) is 5. The first-order valence-electron chi connectivity index (χ1n) is 7.60. The third kappa shape index (κ3) is 5.27. The maximum absolute atomic E-state index is 11.9. The number of hydrogen-bond donors (Lipinski definition) is 4. The first-order valence-corrected chi connectivity index (χ1v) is 7.60. The Morgan fingerprint density at radius 3 is 2.70 bits per heavy atom. The lowest BCUT2D eigenvalue weighted by Crippen LogP contribution is -2.24. The first kappa shape index (κ1) is 16.8. The number of aromatic amines is 1. The monoisotopic (exact) mass is 313 g/mol. The number of nitrogens with zero attached hydrogens (tertiary/aromatic N) is 1. The zero-order chi connectivity index (χ0) is 16.7. The Morgan fingerprint density at radius 2 is 2.04 bits per heavy atom. The molecule has 0 bridgehead atoms. The average molecular weight is 313 g/mol. The molecule has 5 N–H and O–H groups in total. The summed E-state index contributed by atoms with van der Waals surface area (Å²) >= 11 is 0. The highest BCUT2D eigenvalue weighted by atomic mass is 16.1. The van der Waals surface area contributed by atoms with Crippen molar-refractivity contribution in [2.24, 2.45) is 5.73 Å². The molecular formula is C17H23N5O. The summed E-state index contributed by atoms with van der Waals surface area (Å²) in [6.07, 6.45) is 2.58. The van der Waals surface area contributed by atoms with E-state index < -0.39 is 0 Å². The normalized spacial score (nSPS) is 10.5. The highest BCUT2D eigenvalue weighted by molar-refractivity contribution is 5.61. The Morgan fingerprint density at radius 1 is 1.30 bits per heavy atom. The van der Waals surface area contributed by atoms with Crippen LogP contribution in [0.25, 0.3) is 11.1 Å². The van der Waals surface area contributed by atoms with Crippen molar-refractivity contribution < 1.29 is 0 Å². The Balaban J connectivity index is 1.85. The van der Waals surface area contributed by atoms with Crippen LogP contribution in [0.4, 0.5) is 0 Å². The molecule has 0 unspecified atom stereocenters. The van der Waals surface area contributed by atoms with Crippen molar-refractivity contribution in [3.63, 3.8) is 0 Å². The molecule has 0 spiro atoms. The standard InChI is InChI=1S/C17H23N5O/c1-12(18)20-9-3-8-19-10-14-4-6-15(7-5-14)16-11-21-13(2)22-17(16)23/h4-7,11,19-20H,1,3,8-10,18H2,2H3,(H,21,22,23). The molecule has 0 aliphatic carbocycles. The molecule has 0 radical (unpaired) electrons. The Bertz CT molecular complexity index is 706. The summed E-state index contributed by atoms with van der Waals surface area (Å²) in [6.45, 7) is 7.83. The van der Waals surface area contributed by atoms with Gasteiger partial charge in [0, 0.05) is 19.3 Å². The van der Waals surface area contributed by atoms with Crippen molar-refractivity contribution in [1.82, 2.24) is 20.6 Å². The SMILES string of the molecule is C=C(N)NCCCNCc1ccc(-c2cnc(C)[nH]c2=O)cc1. The number of H-pyrrole nitrogens is 1. The summed E-state index contributed by atoms with van der Waals surface area (Å²) in [5.41, 5.74) is 7.93. The van der Waals surface area contributed by atoms with E-state index in [1.165, 1.54) is 5.56 Å². The summed E-state index contributed by atoms with van der Waals surface area (Å²) in [6, 6.07) is 7.92. The van der Waals surface area contributed by atoms with E-state index in [0.717, 1.165) is 31.6 Å². The van der Waals surface area contributed by atoms with Crippen molar-refractivity contribution >= 4 is 0 Å². The van der Waals surface area contributed by atoms with Crippen LogP contribution in [0.15, 0.2) is 47.7 Å². The molecule has 1 heterocycles. The molecule has 0 aliphatic heterocycles. The predicted octanol–water partition coefficient (Wildman–Crippen LogP) is 1.24. The van der Waals surface area contributed by atoms with E-state index in [2.05, 4.69) is 27.2 Å². The third-order valence-corrected chi connectivity index (χ3v) is 3.40. The molecule has 1 aromatic heterocycles. The van der Waals surface area contributed by atoms with Crippen molar-refractivity contribution in [2.75, 3.05) is 13.1 Å². The van der Waals surface area contributed by atoms with E-state index >= 15 is 0 Å². The van der Waals surface area contributed by atoms with Crippen molar-refractivity contribution in [2.45, 2.75) is 19.9 Å². The highest BCUT2D eigenvalue weighted by Gasteiger charge is 2.04. The summed E-state index contributed by atoms with van der Waals surface area (Å²) in [5, 5.41) is 6.35. The van der Waals surface area contributed by atoms with E-state index in [1.54, 1.807) is 13.1 Å². The molecule has 0 aliphatic rings. The van der Waals surface area contributed by atoms with Gasteiger partial charge in [-0.1, -0.05) is 30.8 Å². The Kier molecular flexibility index (Phi) is 5.94. The van der Waals surface area contributed by atoms with Crippen molar-refractivity contribution in [1.29, 1.82) is 0 Å². The van der Waals surface area contributed by atoms with Gasteiger partial charge in [0.25, 0.3) is 5.56 Å². The van der Waals surface area contributed by atoms with Crippen LogP contribution in [0, 0.1) is 6.92 Å². The van der Waals surface area contributed by atoms with Crippen molar-refractivity contribution in [3.05, 3.63) is 64.6 Å². The van der Waals surface area contributed by atoms with Crippen molar-refractivity contribution in [3.8, 4) is 11.1 Å². The quantitative estimate of drug-likeness (QED) is 0.550. The number of aryl methyl sites for hydroxylation is 1. The second kappa shape index (κ2) is 8.14. The van der Waals surface area contributed by atoms with E-state index in [9.17, 15) is 4.79 Å². The molecule has 0 saturated heterocycles. The maximum atomic E-state index is 11.9. The molecule has 0 saturated carbocycles. The van der Waals surface area contributed by atoms with Crippen LogP contribution >= 0.6 is 0 Å². The first-order chi connectivity index (χ1) is 11.1. The predicted molar refractivity (Wildman–Crippen MR) is 92.7 cm³/mol. The van der Waals surface area contributed by atoms with Crippen LogP contribution in [-0.2, 0) is 6.54 Å². The molecule has 2 aromatic rings. The van der Waals surface area contributed by atoms with Gasteiger partial charge in [-0.2, -0.15) is 0 Å². The average Bonchev–Trinajstić information content (AvgIpc) is 2.51. The molecule has 6 heteroatoms. The second-order valence-electron chi connectivity index (χ2n) is 5.39. The van der Waals surface area contributed by atoms with E-state index in [-0.39, 0.29) is 5.56 Å². The summed E-state index contributed by atoms with van der Waals surface area (Å²) in [7, 11) is 0. The number of benzene rings is 1. The van der Waals surface area contributed by atoms with Crippen LogP contribution in [0.2, 0.25) is 0 Å². The van der Waals surface area contributed by atoms with Gasteiger partial charge in [0.15, 0.2) is 0 Å². The molecule has 2 rings (SSSR count). The Hall–Kier alpha value is -2.60. The molecule has 0 amide bonds. The lowest BCUT2D eigenvalue weighted by Gasteiger charge is -2.07. The van der Waals surface area contributed by atoms with Gasteiger partial charge in [0.2, 0.25) is 0 Å². The van der Waals surface area contributed by atoms with Gasteiger partial charge in [-0.15, -0.1) is 0 Å². The minimum Gasteiger partial charge on any atom is -0.386 e. The number of nitrogens with two attached hydrogens (primary N) is 1. The van der Waals surface area contributed by atoms with Crippen LogP contribution in [-0.4, -0.2) is 23.1 Å². The van der Waals surface area contributed by atoms with E-state index in [1.807, 2.05) is 24.3 Å². The van der Waals surface area contributed by atoms with Crippen LogP contribution < -0.4 is 21.9 Å². The molecule has 6 nitrogen and oxygen atoms in total. The fraction of sp³-hybridized carbons (Fsp3) is 0.294. The summed E-state index contributed by atoms with van der Waals surface area (Å²) < 4.78 is 0. The minimum atomic E-state index is -0.114. The van der Waals surface area contributed by atoms with Gasteiger partial charge >= 0.3 is 0 Å². The fourth-order valence-corrected chi connectivity index (χ4v) is 2.19. The number of nitrogens with one attached hydrogen (secondary N) is 3. The zero-order valence-corrected chi connectivity index (χ0v) is 13.4. The molecule has 0 fully saturated rings. The van der Waals surface area contributed by atoms with Gasteiger partial charge in [-0.3, -0.25) is 4.79 Å². The van der Waals surface area contributed by atoms with Gasteiger partial charge in [0.05, 0.1) is 11.4 Å². The molecule has 122 valence electrons. The fourth-order valence-electron chi connectivity index (χ4n) is 2.19. The maximum Gasteiger partial charge on any atom is 0.258 e. The highest BCUT2D eigenvalue weighted by Crippen LogP contribution is 2.15. The molecule has 23 heavy (non-hydrogen) atoms. The minimum absolute atomic E-state index is 0.114. The van der Waals surface area contributed by atoms with Crippen LogP contribution in [0.1, 0.15) is 17.8 Å². The summed E-state index contributed by atoms with van der Waals surface area (Å²) in [4.78, 5) is 18.8. The second-order valence-corrected chi connectivity index (χ2v) is 5.39. The number of aromatic nitrogens is 2. The third-order valence-electron chi connectivity index (χ3n) is 3.40. The summed E-state index contributed by atoms with van der Waals surface area (Å²) in [5.74, 6) is 1.12. The Labute approximate surface area is 135 Å². The van der Waals surface area contributed by atoms with E-state index in [4.69, 9.17) is 5.73 Å². The largest absolute Gasteiger partial charge is 0.386 e. The number of rotatable bonds is 8. The lowest BCUT2D eigenvalue weighted by molar-refractivity contribution is 0.625. The molecule has 0 atom stereocenters. The smallest absolute Gasteiger partial charge is 0.258 e. The molecule has 1 aromatic carbocycles. The zero-order valence-electron chi connectivity index (χ0n) is 13.4. The van der Waals surface area contributed by atoms with Gasteiger partial charge in [-0.05, 0) is 31.0 Å². The van der Waals surface area contributed by atoms with Gasteiger partial charge in [0.1, 0.15) is 5.82 Å². The molecular weight excluding hydrogens is 290 g/mol. The van der Waals surface area contributed by atoms with E-state index in [0.29, 0.717) is 17.2 Å². The van der Waals surface area contributed by atoms with Gasteiger partial charge < -0.3 is 21.4 Å². The van der Waals surface area contributed by atoms with Crippen LogP contribution in [0.5, 0.6) is 0 Å². The van der Waals surface area contributed by atoms with Crippen LogP contribution in [0.3, 0.4) is 0 Å². The topological polar surface area (TPSA) is 95.8 Å². The van der Waals surface area contributed by atoms with Gasteiger partial charge in [-0.25, -0.2) is 4.98 Å². The lowest BCUT2D eigenvalue weighted by atomic mass is 10.1.